The van der Waals surface area contributed by atoms with Crippen molar-refractivity contribution in [3.8, 4) is 11.1 Å². The Bertz CT molecular complexity index is 1160. The van der Waals surface area contributed by atoms with E-state index in [1.807, 2.05) is 36.4 Å². The molecule has 1 aliphatic heterocycles. The molecule has 0 saturated carbocycles. The highest BCUT2D eigenvalue weighted by Gasteiger charge is 2.38. The number of fused-ring (bicyclic) bond motifs is 3. The lowest BCUT2D eigenvalue weighted by molar-refractivity contribution is -0.146. The molecule has 3 aromatic rings. The van der Waals surface area contributed by atoms with Gasteiger partial charge in [-0.15, -0.1) is 0 Å². The van der Waals surface area contributed by atoms with E-state index in [4.69, 9.17) is 14.3 Å². The maximum absolute atomic E-state index is 12.5. The first-order chi connectivity index (χ1) is 15.5. The summed E-state index contributed by atoms with van der Waals surface area (Å²) in [5.41, 5.74) is 4.66. The van der Waals surface area contributed by atoms with Crippen molar-refractivity contribution < 1.29 is 28.6 Å². The number of furan rings is 1. The summed E-state index contributed by atoms with van der Waals surface area (Å²) in [6, 6.07) is 17.5. The molecular weight excluding hydrogens is 412 g/mol. The molecule has 1 fully saturated rings. The van der Waals surface area contributed by atoms with Crippen molar-refractivity contribution in [1.29, 1.82) is 0 Å². The van der Waals surface area contributed by atoms with Crippen molar-refractivity contribution in [1.82, 2.24) is 4.90 Å². The molecule has 0 unspecified atom stereocenters. The van der Waals surface area contributed by atoms with E-state index in [2.05, 4.69) is 17.4 Å². The molecule has 162 valence electrons. The van der Waals surface area contributed by atoms with Gasteiger partial charge in [-0.25, -0.2) is 4.79 Å². The van der Waals surface area contributed by atoms with Crippen LogP contribution in [0.15, 0.2) is 65.3 Å². The Morgan fingerprint density at radius 2 is 1.62 bits per heavy atom. The molecule has 2 N–H and O–H groups in total. The summed E-state index contributed by atoms with van der Waals surface area (Å²) in [6.07, 6.45) is 0.593. The van der Waals surface area contributed by atoms with E-state index in [0.717, 1.165) is 22.3 Å². The van der Waals surface area contributed by atoms with Crippen molar-refractivity contribution in [2.75, 3.05) is 25.0 Å². The van der Waals surface area contributed by atoms with Crippen molar-refractivity contribution in [3.05, 3.63) is 77.7 Å². The van der Waals surface area contributed by atoms with E-state index in [1.165, 1.54) is 17.2 Å². The molecule has 1 aromatic heterocycles. The highest BCUT2D eigenvalue weighted by atomic mass is 16.5. The predicted molar refractivity (Wildman–Crippen MR) is 114 cm³/mol. The molecule has 8 heteroatoms. The fourth-order valence-electron chi connectivity index (χ4n) is 4.26. The number of benzene rings is 2. The van der Waals surface area contributed by atoms with Crippen molar-refractivity contribution in [2.24, 2.45) is 5.92 Å². The van der Waals surface area contributed by atoms with Gasteiger partial charge in [-0.1, -0.05) is 48.5 Å². The summed E-state index contributed by atoms with van der Waals surface area (Å²) in [5, 5.41) is 11.5. The number of carboxylic acids is 1. The first-order valence-corrected chi connectivity index (χ1v) is 10.2. The first-order valence-electron chi connectivity index (χ1n) is 10.2. The number of carbonyl (C=O) groups is 3. The Kier molecular flexibility index (Phi) is 4.89. The second-order valence-corrected chi connectivity index (χ2v) is 7.86. The number of nitrogens with one attached hydrogen (secondary N) is 1. The van der Waals surface area contributed by atoms with Gasteiger partial charge < -0.3 is 19.2 Å². The van der Waals surface area contributed by atoms with E-state index >= 15 is 0 Å². The summed E-state index contributed by atoms with van der Waals surface area (Å²) in [7, 11) is 0. The fourth-order valence-corrected chi connectivity index (χ4v) is 4.26. The van der Waals surface area contributed by atoms with Gasteiger partial charge in [-0.05, 0) is 22.3 Å². The van der Waals surface area contributed by atoms with E-state index in [0.29, 0.717) is 0 Å². The van der Waals surface area contributed by atoms with Crippen LogP contribution in [0, 0.1) is 5.92 Å². The van der Waals surface area contributed by atoms with Gasteiger partial charge in [-0.2, -0.15) is 0 Å². The van der Waals surface area contributed by atoms with Crippen LogP contribution in [0.2, 0.25) is 0 Å². The smallest absolute Gasteiger partial charge is 0.411 e. The third-order valence-electron chi connectivity index (χ3n) is 5.96. The van der Waals surface area contributed by atoms with Crippen LogP contribution < -0.4 is 5.32 Å². The molecule has 1 saturated heterocycles. The average Bonchev–Trinajstić information content (AvgIpc) is 3.33. The molecule has 1 aliphatic carbocycles. The van der Waals surface area contributed by atoms with Crippen LogP contribution in [-0.2, 0) is 9.53 Å². The van der Waals surface area contributed by atoms with Crippen LogP contribution in [0.5, 0.6) is 0 Å². The molecule has 0 radical (unpaired) electrons. The molecule has 8 nitrogen and oxygen atoms in total. The van der Waals surface area contributed by atoms with Crippen LogP contribution >= 0.6 is 0 Å². The number of carboxylic acid groups (broad SMARTS) is 1. The number of carbonyl (C=O) groups excluding carboxylic acids is 2. The number of likely N-dealkylation sites (tertiary alicyclic amines) is 1. The number of hydrogen-bond acceptors (Lipinski definition) is 5. The van der Waals surface area contributed by atoms with E-state index in [-0.39, 0.29) is 37.1 Å². The molecule has 2 aromatic carbocycles. The van der Waals surface area contributed by atoms with Crippen molar-refractivity contribution in [3.63, 3.8) is 0 Å². The molecule has 2 heterocycles. The summed E-state index contributed by atoms with van der Waals surface area (Å²) in [4.78, 5) is 37.3. The number of aliphatic carboxylic acids is 1. The summed E-state index contributed by atoms with van der Waals surface area (Å²) < 4.78 is 10.7. The number of ether oxygens (including phenoxy) is 1. The third-order valence-corrected chi connectivity index (χ3v) is 5.96. The van der Waals surface area contributed by atoms with Crippen LogP contribution in [0.25, 0.3) is 11.1 Å². The Labute approximate surface area is 183 Å². The zero-order chi connectivity index (χ0) is 22.2. The maximum atomic E-state index is 12.5. The van der Waals surface area contributed by atoms with Gasteiger partial charge in [0.15, 0.2) is 0 Å². The standard InChI is InChI=1S/C24H20N2O6/c27-22(26-11-14(12-26)23(28)29)21-20(9-10-31-21)25-24(30)32-13-19-17-7-3-1-5-15(17)16-6-2-4-8-18(16)19/h1-10,14,19H,11-13H2,(H,25,30)(H,28,29). The Balaban J connectivity index is 1.24. The quantitative estimate of drug-likeness (QED) is 0.635. The fraction of sp³-hybridized carbons (Fsp3) is 0.208. The number of nitrogens with zero attached hydrogens (tertiary/aromatic N) is 1. The average molecular weight is 432 g/mol. The molecule has 2 amide bonds. The summed E-state index contributed by atoms with van der Waals surface area (Å²) in [6.45, 7) is 0.367. The summed E-state index contributed by atoms with van der Waals surface area (Å²) in [5.74, 6) is -2.12. The van der Waals surface area contributed by atoms with E-state index < -0.39 is 23.9 Å². The number of amides is 2. The van der Waals surface area contributed by atoms with Gasteiger partial charge in [0.25, 0.3) is 5.91 Å². The molecule has 32 heavy (non-hydrogen) atoms. The minimum Gasteiger partial charge on any atom is -0.481 e. The highest BCUT2D eigenvalue weighted by molar-refractivity contribution is 6.01. The van der Waals surface area contributed by atoms with Crippen LogP contribution in [0.3, 0.4) is 0 Å². The second kappa shape index (κ2) is 7.88. The Morgan fingerprint density at radius 3 is 2.25 bits per heavy atom. The summed E-state index contributed by atoms with van der Waals surface area (Å²) >= 11 is 0. The largest absolute Gasteiger partial charge is 0.481 e. The van der Waals surface area contributed by atoms with E-state index in [1.54, 1.807) is 0 Å². The van der Waals surface area contributed by atoms with Crippen LogP contribution in [0.4, 0.5) is 10.5 Å². The van der Waals surface area contributed by atoms with Gasteiger partial charge in [0, 0.05) is 25.1 Å². The Morgan fingerprint density at radius 1 is 1.00 bits per heavy atom. The van der Waals surface area contributed by atoms with Gasteiger partial charge in [0.05, 0.1) is 17.9 Å². The SMILES string of the molecule is O=C(Nc1ccoc1C(=O)N1CC(C(=O)O)C1)OCC1c2ccccc2-c2ccccc21. The number of rotatable bonds is 5. The molecule has 2 aliphatic rings. The second-order valence-electron chi connectivity index (χ2n) is 7.86. The zero-order valence-corrected chi connectivity index (χ0v) is 17.0. The minimum absolute atomic E-state index is 0.0534. The van der Waals surface area contributed by atoms with Gasteiger partial charge in [0.1, 0.15) is 6.61 Å². The molecule has 5 rings (SSSR count). The van der Waals surface area contributed by atoms with Gasteiger partial charge >= 0.3 is 12.1 Å². The normalized spacial score (nSPS) is 14.9. The van der Waals surface area contributed by atoms with Crippen LogP contribution in [0.1, 0.15) is 27.6 Å². The lowest BCUT2D eigenvalue weighted by Gasteiger charge is -2.36. The minimum atomic E-state index is -0.939. The van der Waals surface area contributed by atoms with Crippen LogP contribution in [-0.4, -0.2) is 47.7 Å². The number of anilines is 1. The lowest BCUT2D eigenvalue weighted by atomic mass is 9.98. The topological polar surface area (TPSA) is 109 Å². The third kappa shape index (κ3) is 3.39. The lowest BCUT2D eigenvalue weighted by Crippen LogP contribution is -2.53. The molecule has 0 bridgehead atoms. The zero-order valence-electron chi connectivity index (χ0n) is 17.0. The molecular formula is C24H20N2O6. The highest BCUT2D eigenvalue weighted by Crippen LogP contribution is 2.44. The first kappa shape index (κ1) is 19.9. The maximum Gasteiger partial charge on any atom is 0.411 e. The Hall–Kier alpha value is -4.07. The van der Waals surface area contributed by atoms with Crippen molar-refractivity contribution in [2.45, 2.75) is 5.92 Å². The predicted octanol–water partition coefficient (Wildman–Crippen LogP) is 3.80. The van der Waals surface area contributed by atoms with E-state index in [9.17, 15) is 14.4 Å². The molecule has 0 spiro atoms. The number of hydrogen-bond donors (Lipinski definition) is 2. The molecule has 0 atom stereocenters. The monoisotopic (exact) mass is 432 g/mol. The van der Waals surface area contributed by atoms with Crippen molar-refractivity contribution >= 4 is 23.7 Å². The van der Waals surface area contributed by atoms with Gasteiger partial charge in [-0.3, -0.25) is 14.9 Å². The van der Waals surface area contributed by atoms with Gasteiger partial charge in [0.2, 0.25) is 5.76 Å².